The molecule has 1 aromatic carbocycles. The zero-order chi connectivity index (χ0) is 12.5. The molecule has 1 aromatic rings. The second-order valence-corrected chi connectivity index (χ2v) is 3.84. The van der Waals surface area contributed by atoms with Crippen LogP contribution in [0, 0.1) is 5.82 Å². The van der Waals surface area contributed by atoms with Crippen LogP contribution >= 0.6 is 27.5 Å². The molecule has 0 N–H and O–H groups in total. The molecular formula is C9H4BrClF4O. The standard InChI is InChI=1S/C9H4BrClF4O/c10-3-7(16)5-1-4(9(13,14)15)2-6(11)8(5)12/h1-2H,3H2. The zero-order valence-corrected chi connectivity index (χ0v) is 9.88. The molecule has 0 saturated heterocycles. The number of Topliss-reactive ketones (excluding diaryl/α,β-unsaturated/α-hetero) is 1. The van der Waals surface area contributed by atoms with Gasteiger partial charge in [-0.1, -0.05) is 27.5 Å². The van der Waals surface area contributed by atoms with E-state index < -0.39 is 33.9 Å². The van der Waals surface area contributed by atoms with E-state index in [9.17, 15) is 22.4 Å². The molecule has 7 heteroatoms. The van der Waals surface area contributed by atoms with Gasteiger partial charge in [0.05, 0.1) is 21.5 Å². The van der Waals surface area contributed by atoms with Gasteiger partial charge in [-0.15, -0.1) is 0 Å². The molecule has 0 amide bonds. The topological polar surface area (TPSA) is 17.1 Å². The number of halogens is 6. The van der Waals surface area contributed by atoms with Gasteiger partial charge in [-0.3, -0.25) is 4.79 Å². The van der Waals surface area contributed by atoms with Crippen LogP contribution in [0.3, 0.4) is 0 Å². The summed E-state index contributed by atoms with van der Waals surface area (Å²) in [4.78, 5) is 11.2. The van der Waals surface area contributed by atoms with Gasteiger partial charge in [0.2, 0.25) is 0 Å². The number of alkyl halides is 4. The normalized spacial score (nSPS) is 11.6. The lowest BCUT2D eigenvalue weighted by Crippen LogP contribution is -2.10. The molecule has 0 aliphatic rings. The number of carbonyl (C=O) groups is 1. The molecule has 0 aliphatic heterocycles. The molecule has 1 rings (SSSR count). The first-order valence-corrected chi connectivity index (χ1v) is 5.42. The Morgan fingerprint density at radius 1 is 1.38 bits per heavy atom. The van der Waals surface area contributed by atoms with Crippen LogP contribution < -0.4 is 0 Å². The number of carbonyl (C=O) groups excluding carboxylic acids is 1. The van der Waals surface area contributed by atoms with Crippen molar-refractivity contribution in [2.75, 3.05) is 5.33 Å². The highest BCUT2D eigenvalue weighted by atomic mass is 79.9. The van der Waals surface area contributed by atoms with E-state index >= 15 is 0 Å². The molecule has 0 radical (unpaired) electrons. The average Bonchev–Trinajstić information content (AvgIpc) is 2.19. The maximum absolute atomic E-state index is 13.3. The minimum absolute atomic E-state index is 0.276. The van der Waals surface area contributed by atoms with E-state index in [1.165, 1.54) is 0 Å². The van der Waals surface area contributed by atoms with Crippen molar-refractivity contribution in [2.24, 2.45) is 0 Å². The fraction of sp³-hybridized carbons (Fsp3) is 0.222. The number of hydrogen-bond acceptors (Lipinski definition) is 1. The Hall–Kier alpha value is -0.620. The lowest BCUT2D eigenvalue weighted by Gasteiger charge is -2.10. The fourth-order valence-corrected chi connectivity index (χ4v) is 1.55. The van der Waals surface area contributed by atoms with E-state index in [1.54, 1.807) is 0 Å². The van der Waals surface area contributed by atoms with Crippen LogP contribution in [-0.2, 0) is 6.18 Å². The molecule has 1 nitrogen and oxygen atoms in total. The lowest BCUT2D eigenvalue weighted by molar-refractivity contribution is -0.137. The largest absolute Gasteiger partial charge is 0.416 e. The maximum Gasteiger partial charge on any atom is 0.416 e. The Morgan fingerprint density at radius 3 is 2.38 bits per heavy atom. The smallest absolute Gasteiger partial charge is 0.293 e. The molecule has 0 spiro atoms. The molecule has 0 fully saturated rings. The Bertz CT molecular complexity index is 430. The first kappa shape index (κ1) is 13.4. The summed E-state index contributed by atoms with van der Waals surface area (Å²) >= 11 is 8.03. The molecule has 88 valence electrons. The van der Waals surface area contributed by atoms with Gasteiger partial charge in [-0.05, 0) is 12.1 Å². The van der Waals surface area contributed by atoms with Gasteiger partial charge in [-0.25, -0.2) is 4.39 Å². The van der Waals surface area contributed by atoms with E-state index in [2.05, 4.69) is 15.9 Å². The monoisotopic (exact) mass is 318 g/mol. The van der Waals surface area contributed by atoms with Crippen molar-refractivity contribution in [1.29, 1.82) is 0 Å². The minimum Gasteiger partial charge on any atom is -0.293 e. The molecule has 0 atom stereocenters. The predicted octanol–water partition coefficient (Wildman–Crippen LogP) is 4.08. The number of rotatable bonds is 2. The van der Waals surface area contributed by atoms with E-state index in [0.29, 0.717) is 12.1 Å². The second-order valence-electron chi connectivity index (χ2n) is 2.87. The van der Waals surface area contributed by atoms with Crippen LogP contribution in [0.25, 0.3) is 0 Å². The molecule has 0 aromatic heterocycles. The quantitative estimate of drug-likeness (QED) is 0.456. The van der Waals surface area contributed by atoms with Crippen LogP contribution in [0.5, 0.6) is 0 Å². The Balaban J connectivity index is 3.39. The first-order chi connectivity index (χ1) is 7.27. The van der Waals surface area contributed by atoms with Gasteiger partial charge < -0.3 is 0 Å². The number of hydrogen-bond donors (Lipinski definition) is 0. The van der Waals surface area contributed by atoms with Gasteiger partial charge in [-0.2, -0.15) is 13.2 Å². The number of ketones is 1. The van der Waals surface area contributed by atoms with Crippen molar-refractivity contribution in [1.82, 2.24) is 0 Å². The molecule has 0 saturated carbocycles. The van der Waals surface area contributed by atoms with Gasteiger partial charge in [0.1, 0.15) is 0 Å². The van der Waals surface area contributed by atoms with E-state index in [4.69, 9.17) is 11.6 Å². The van der Waals surface area contributed by atoms with Crippen molar-refractivity contribution >= 4 is 33.3 Å². The van der Waals surface area contributed by atoms with Crippen LogP contribution in [-0.4, -0.2) is 11.1 Å². The zero-order valence-electron chi connectivity index (χ0n) is 7.54. The maximum atomic E-state index is 13.3. The molecule has 0 aliphatic carbocycles. The summed E-state index contributed by atoms with van der Waals surface area (Å²) in [5, 5.41) is -0.999. The first-order valence-electron chi connectivity index (χ1n) is 3.92. The SMILES string of the molecule is O=C(CBr)c1cc(C(F)(F)F)cc(Cl)c1F. The van der Waals surface area contributed by atoms with E-state index in [1.807, 2.05) is 0 Å². The predicted molar refractivity (Wildman–Crippen MR) is 54.5 cm³/mol. The van der Waals surface area contributed by atoms with E-state index in [-0.39, 0.29) is 5.33 Å². The summed E-state index contributed by atoms with van der Waals surface area (Å²) in [6.07, 6.45) is -4.67. The van der Waals surface area contributed by atoms with Gasteiger partial charge in [0, 0.05) is 0 Å². The summed E-state index contributed by atoms with van der Waals surface area (Å²) in [6, 6.07) is 0.896. The summed E-state index contributed by atoms with van der Waals surface area (Å²) < 4.78 is 50.3. The third-order valence-electron chi connectivity index (χ3n) is 1.78. The highest BCUT2D eigenvalue weighted by Crippen LogP contribution is 2.33. The minimum atomic E-state index is -4.67. The second kappa shape index (κ2) is 4.71. The van der Waals surface area contributed by atoms with Crippen molar-refractivity contribution in [3.8, 4) is 0 Å². The fourth-order valence-electron chi connectivity index (χ4n) is 1.03. The van der Waals surface area contributed by atoms with Crippen LogP contribution in [0.1, 0.15) is 15.9 Å². The molecule has 0 unspecified atom stereocenters. The van der Waals surface area contributed by atoms with Crippen LogP contribution in [0.4, 0.5) is 17.6 Å². The summed E-state index contributed by atoms with van der Waals surface area (Å²) in [5.41, 5.74) is -1.82. The van der Waals surface area contributed by atoms with E-state index in [0.717, 1.165) is 0 Å². The van der Waals surface area contributed by atoms with Gasteiger partial charge >= 0.3 is 6.18 Å². The van der Waals surface area contributed by atoms with Crippen LogP contribution in [0.15, 0.2) is 12.1 Å². The Morgan fingerprint density at radius 2 is 1.94 bits per heavy atom. The average molecular weight is 319 g/mol. The van der Waals surface area contributed by atoms with Crippen molar-refractivity contribution < 1.29 is 22.4 Å². The van der Waals surface area contributed by atoms with Crippen LogP contribution in [0.2, 0.25) is 5.02 Å². The van der Waals surface area contributed by atoms with Gasteiger partial charge in [0.15, 0.2) is 11.6 Å². The molecular weight excluding hydrogens is 315 g/mol. The van der Waals surface area contributed by atoms with Gasteiger partial charge in [0.25, 0.3) is 0 Å². The van der Waals surface area contributed by atoms with Crippen molar-refractivity contribution in [3.05, 3.63) is 34.1 Å². The molecule has 0 heterocycles. The highest BCUT2D eigenvalue weighted by Gasteiger charge is 2.33. The third-order valence-corrected chi connectivity index (χ3v) is 2.56. The Labute approximate surface area is 102 Å². The molecule has 16 heavy (non-hydrogen) atoms. The summed E-state index contributed by atoms with van der Waals surface area (Å²) in [7, 11) is 0. The third kappa shape index (κ3) is 2.74. The molecule has 0 bridgehead atoms. The number of benzene rings is 1. The van der Waals surface area contributed by atoms with Crippen molar-refractivity contribution in [3.63, 3.8) is 0 Å². The summed E-state index contributed by atoms with van der Waals surface area (Å²) in [5.74, 6) is -1.94. The lowest BCUT2D eigenvalue weighted by atomic mass is 10.1. The van der Waals surface area contributed by atoms with Crippen molar-refractivity contribution in [2.45, 2.75) is 6.18 Å². The Kier molecular flexibility index (Phi) is 3.96. The summed E-state index contributed by atoms with van der Waals surface area (Å²) in [6.45, 7) is 0. The highest BCUT2D eigenvalue weighted by molar-refractivity contribution is 9.09.